The fraction of sp³-hybridized carbons (Fsp3) is 0.0545. The van der Waals surface area contributed by atoms with Crippen molar-refractivity contribution in [1.82, 2.24) is 4.98 Å². The summed E-state index contributed by atoms with van der Waals surface area (Å²) in [5, 5.41) is 10.3. The minimum atomic E-state index is -0.227. The number of aromatic amines is 1. The van der Waals surface area contributed by atoms with Crippen molar-refractivity contribution in [3.05, 3.63) is 175 Å². The molecule has 12 aromatic rings. The number of fused-ring (bicyclic) bond motifs is 17. The molecule has 0 radical (unpaired) electrons. The summed E-state index contributed by atoms with van der Waals surface area (Å²) in [5.41, 5.74) is 16.7. The van der Waals surface area contributed by atoms with Gasteiger partial charge in [0.1, 0.15) is 0 Å². The van der Waals surface area contributed by atoms with Gasteiger partial charge < -0.3 is 9.88 Å². The summed E-state index contributed by atoms with van der Waals surface area (Å²) in [6.07, 6.45) is 0. The molecule has 5 heteroatoms. The number of rotatable bonds is 2. The van der Waals surface area contributed by atoms with Crippen molar-refractivity contribution in [3.63, 3.8) is 0 Å². The van der Waals surface area contributed by atoms with Gasteiger partial charge in [0.25, 0.3) is 0 Å². The molecule has 0 saturated carbocycles. The highest BCUT2D eigenvalue weighted by Gasteiger charge is 2.43. The Morgan fingerprint density at radius 2 is 1.15 bits per heavy atom. The lowest BCUT2D eigenvalue weighted by Gasteiger charge is -2.39. The van der Waals surface area contributed by atoms with Gasteiger partial charge in [-0.25, -0.2) is 0 Å². The van der Waals surface area contributed by atoms with E-state index in [4.69, 9.17) is 0 Å². The van der Waals surface area contributed by atoms with Crippen LogP contribution in [-0.2, 0) is 5.41 Å². The molecular weight excluding hydrogens is 764 g/mol. The molecular formula is C55H35BN2S2. The highest BCUT2D eigenvalue weighted by molar-refractivity contribution is 7.26. The third-order valence-electron chi connectivity index (χ3n) is 13.8. The van der Waals surface area contributed by atoms with Crippen LogP contribution in [0.4, 0.5) is 17.1 Å². The van der Waals surface area contributed by atoms with Crippen molar-refractivity contribution < 1.29 is 0 Å². The number of benzene rings is 9. The zero-order chi connectivity index (χ0) is 39.4. The van der Waals surface area contributed by atoms with Crippen LogP contribution in [0.2, 0.25) is 0 Å². The van der Waals surface area contributed by atoms with Crippen LogP contribution >= 0.6 is 22.7 Å². The number of hydrogen-bond acceptors (Lipinski definition) is 3. The first-order valence-corrected chi connectivity index (χ1v) is 22.5. The zero-order valence-electron chi connectivity index (χ0n) is 33.1. The van der Waals surface area contributed by atoms with Gasteiger partial charge in [0, 0.05) is 84.5 Å². The van der Waals surface area contributed by atoms with Crippen LogP contribution in [-0.4, -0.2) is 12.3 Å². The fourth-order valence-electron chi connectivity index (χ4n) is 11.1. The predicted molar refractivity (Wildman–Crippen MR) is 263 cm³/mol. The largest absolute Gasteiger partial charge is 0.353 e. The number of nitrogens with one attached hydrogen (secondary N) is 1. The summed E-state index contributed by atoms with van der Waals surface area (Å²) in [4.78, 5) is 6.69. The lowest BCUT2D eigenvalue weighted by atomic mass is 9.56. The van der Waals surface area contributed by atoms with Crippen molar-refractivity contribution in [2.45, 2.75) is 19.3 Å². The van der Waals surface area contributed by atoms with Crippen LogP contribution in [0.15, 0.2) is 164 Å². The Labute approximate surface area is 355 Å². The van der Waals surface area contributed by atoms with Crippen LogP contribution in [0.5, 0.6) is 0 Å². The van der Waals surface area contributed by atoms with Crippen molar-refractivity contribution >= 4 is 131 Å². The average molecular weight is 799 g/mol. The summed E-state index contributed by atoms with van der Waals surface area (Å²) < 4.78 is 5.33. The van der Waals surface area contributed by atoms with Crippen LogP contribution in [0, 0.1) is 0 Å². The molecule has 0 unspecified atom stereocenters. The topological polar surface area (TPSA) is 19.0 Å². The minimum absolute atomic E-state index is 0.227. The van der Waals surface area contributed by atoms with E-state index in [1.807, 2.05) is 22.7 Å². The summed E-state index contributed by atoms with van der Waals surface area (Å²) in [7, 11) is 0.837. The molecule has 0 atom stereocenters. The van der Waals surface area contributed by atoms with E-state index >= 15 is 0 Å². The molecule has 2 nitrogen and oxygen atoms in total. The van der Waals surface area contributed by atoms with Crippen molar-refractivity contribution in [2.24, 2.45) is 0 Å². The van der Waals surface area contributed by atoms with E-state index in [9.17, 15) is 0 Å². The van der Waals surface area contributed by atoms with Gasteiger partial charge in [-0.15, -0.1) is 22.7 Å². The van der Waals surface area contributed by atoms with Gasteiger partial charge in [0.2, 0.25) is 0 Å². The highest BCUT2D eigenvalue weighted by atomic mass is 32.1. The molecule has 14 rings (SSSR count). The Bertz CT molecular complexity index is 3860. The molecule has 4 heterocycles. The number of hydrogen-bond donors (Lipinski definition) is 1. The van der Waals surface area contributed by atoms with Crippen molar-refractivity contribution in [3.8, 4) is 22.3 Å². The van der Waals surface area contributed by atoms with Gasteiger partial charge in [-0.1, -0.05) is 135 Å². The maximum Gasteiger partial charge on any atom is 0.198 e. The first kappa shape index (κ1) is 33.2. The molecule has 9 aromatic carbocycles. The predicted octanol–water partition coefficient (Wildman–Crippen LogP) is 14.4. The number of thiophene rings is 2. The molecule has 0 spiro atoms. The second-order valence-corrected chi connectivity index (χ2v) is 19.4. The van der Waals surface area contributed by atoms with Gasteiger partial charge in [0.05, 0.1) is 11.0 Å². The minimum Gasteiger partial charge on any atom is -0.353 e. The molecule has 1 aliphatic carbocycles. The third kappa shape index (κ3) is 4.33. The van der Waals surface area contributed by atoms with Gasteiger partial charge in [-0.05, 0) is 87.2 Å². The summed E-state index contributed by atoms with van der Waals surface area (Å²) in [6, 6.07) is 62.0. The molecule has 2 aliphatic rings. The average Bonchev–Trinajstić information content (AvgIpc) is 4.02. The van der Waals surface area contributed by atoms with Crippen LogP contribution in [0.25, 0.3) is 95.2 Å². The second kappa shape index (κ2) is 11.8. The molecule has 1 N–H and O–H groups in total. The molecule has 3 aromatic heterocycles. The third-order valence-corrected chi connectivity index (χ3v) is 16.1. The van der Waals surface area contributed by atoms with E-state index in [1.54, 1.807) is 0 Å². The summed E-state index contributed by atoms with van der Waals surface area (Å²) in [6.45, 7) is 4.89. The molecule has 0 bridgehead atoms. The van der Waals surface area contributed by atoms with Crippen molar-refractivity contribution in [2.75, 3.05) is 4.90 Å². The highest BCUT2D eigenvalue weighted by Crippen LogP contribution is 2.56. The molecule has 60 heavy (non-hydrogen) atoms. The maximum atomic E-state index is 4.02. The van der Waals surface area contributed by atoms with E-state index < -0.39 is 0 Å². The van der Waals surface area contributed by atoms with E-state index in [1.165, 1.54) is 134 Å². The Balaban J connectivity index is 1.13. The Morgan fingerprint density at radius 1 is 0.483 bits per heavy atom. The Hall–Kier alpha value is -6.66. The van der Waals surface area contributed by atoms with Gasteiger partial charge in [-0.3, -0.25) is 0 Å². The first-order valence-electron chi connectivity index (χ1n) is 20.9. The van der Waals surface area contributed by atoms with Gasteiger partial charge in [0.15, 0.2) is 7.28 Å². The number of para-hydroxylation sites is 1. The van der Waals surface area contributed by atoms with E-state index in [-0.39, 0.29) is 5.41 Å². The maximum absolute atomic E-state index is 4.02. The number of H-pyrrole nitrogens is 1. The Morgan fingerprint density at radius 3 is 2.00 bits per heavy atom. The lowest BCUT2D eigenvalue weighted by Crippen LogP contribution is -2.42. The summed E-state index contributed by atoms with van der Waals surface area (Å²) >= 11 is 3.80. The van der Waals surface area contributed by atoms with Crippen LogP contribution in [0.3, 0.4) is 0 Å². The van der Waals surface area contributed by atoms with Crippen molar-refractivity contribution in [1.29, 1.82) is 0 Å². The number of aromatic nitrogens is 1. The number of nitrogens with zero attached hydrogens (tertiary/aromatic N) is 1. The fourth-order valence-corrected chi connectivity index (χ4v) is 13.3. The quantitative estimate of drug-likeness (QED) is 0.173. The smallest absolute Gasteiger partial charge is 0.198 e. The molecule has 0 amide bonds. The van der Waals surface area contributed by atoms with Crippen LogP contribution in [0.1, 0.15) is 25.0 Å². The zero-order valence-corrected chi connectivity index (χ0v) is 34.7. The molecule has 0 saturated heterocycles. The summed E-state index contributed by atoms with van der Waals surface area (Å²) in [5.74, 6) is 0. The van der Waals surface area contributed by atoms with Gasteiger partial charge >= 0.3 is 0 Å². The normalized spacial score (nSPS) is 14.1. The van der Waals surface area contributed by atoms with Crippen LogP contribution < -0.4 is 15.8 Å². The molecule has 1 aliphatic heterocycles. The van der Waals surface area contributed by atoms with E-state index in [2.05, 4.69) is 188 Å². The van der Waals surface area contributed by atoms with E-state index in [0.717, 1.165) is 7.28 Å². The number of anilines is 3. The molecule has 0 fully saturated rings. The molecule has 280 valence electrons. The standard InChI is InChI=1S/C55H35BN2S2/c1-55(2)43-19-8-5-14-33(43)41-27-42(37-18-11-17-36-38-24-22-30-12-3-4-13-32(30)52(38)57-53(36)37)51-54(50(41)55)58(31-23-25-48-39(26-31)34-15-6-9-20-46(34)59-48)45-28-40-35-16-7-10-21-47(35)60-49(40)29-44(45)56-51/h3-29,56-57H,1-2H3. The second-order valence-electron chi connectivity index (χ2n) is 17.3. The van der Waals surface area contributed by atoms with E-state index in [0.29, 0.717) is 0 Å². The first-order chi connectivity index (χ1) is 29.5. The van der Waals surface area contributed by atoms with Gasteiger partial charge in [-0.2, -0.15) is 0 Å². The Kier molecular flexibility index (Phi) is 6.51. The monoisotopic (exact) mass is 798 g/mol. The SMILES string of the molecule is CC1(C)c2ccccc2-c2cc(-c3cccc4c3[nH]c3c5ccccc5ccc43)c3c(c21)N(c1ccc2sc4ccccc4c2c1)c1cc2c(cc1B3)sc1ccccc12. The lowest BCUT2D eigenvalue weighted by molar-refractivity contribution is 0.661.